The van der Waals surface area contributed by atoms with Crippen LogP contribution in [0.3, 0.4) is 0 Å². The molecule has 1 heterocycles. The normalized spacial score (nSPS) is 18.0. The van der Waals surface area contributed by atoms with Gasteiger partial charge in [0.15, 0.2) is 0 Å². The van der Waals surface area contributed by atoms with Gasteiger partial charge in [-0.3, -0.25) is 14.9 Å². The van der Waals surface area contributed by atoms with Crippen molar-refractivity contribution < 1.29 is 19.4 Å². The molecule has 1 aliphatic rings. The molecule has 2 N–H and O–H groups in total. The highest BCUT2D eigenvalue weighted by Gasteiger charge is 2.31. The molecule has 0 aromatic heterocycles. The van der Waals surface area contributed by atoms with Crippen LogP contribution in [0.25, 0.3) is 0 Å². The lowest BCUT2D eigenvalue weighted by Gasteiger charge is -2.16. The number of aliphatic hydroxyl groups excluding tert-OH is 1. The molecule has 5 nitrogen and oxygen atoms in total. The first-order chi connectivity index (χ1) is 12.2. The SMILES string of the molecule is O=C1NC(=O)C(Cc2ccc(OCC(CO)c3ccccc3)cc2)S1. The van der Waals surface area contributed by atoms with Gasteiger partial charge in [-0.1, -0.05) is 54.2 Å². The van der Waals surface area contributed by atoms with Gasteiger partial charge in [-0.05, 0) is 29.7 Å². The van der Waals surface area contributed by atoms with Crippen molar-refractivity contribution in [2.45, 2.75) is 17.6 Å². The number of ether oxygens (including phenoxy) is 1. The molecule has 2 aromatic carbocycles. The second kappa shape index (κ2) is 8.18. The van der Waals surface area contributed by atoms with Gasteiger partial charge in [-0.2, -0.15) is 0 Å². The molecule has 25 heavy (non-hydrogen) atoms. The summed E-state index contributed by atoms with van der Waals surface area (Å²) in [4.78, 5) is 22.8. The van der Waals surface area contributed by atoms with Crippen LogP contribution >= 0.6 is 11.8 Å². The maximum Gasteiger partial charge on any atom is 0.286 e. The lowest BCUT2D eigenvalue weighted by molar-refractivity contribution is -0.118. The van der Waals surface area contributed by atoms with Crippen molar-refractivity contribution in [3.8, 4) is 5.75 Å². The molecule has 2 aromatic rings. The summed E-state index contributed by atoms with van der Waals surface area (Å²) in [6, 6.07) is 17.2. The average Bonchev–Trinajstić information content (AvgIpc) is 2.95. The largest absolute Gasteiger partial charge is 0.493 e. The molecule has 0 spiro atoms. The fourth-order valence-corrected chi connectivity index (χ4v) is 3.50. The van der Waals surface area contributed by atoms with Crippen LogP contribution in [0.2, 0.25) is 0 Å². The third kappa shape index (κ3) is 4.61. The van der Waals surface area contributed by atoms with Gasteiger partial charge in [0.1, 0.15) is 5.75 Å². The van der Waals surface area contributed by atoms with Crippen LogP contribution in [0.1, 0.15) is 17.0 Å². The van der Waals surface area contributed by atoms with Crippen molar-refractivity contribution in [1.82, 2.24) is 5.32 Å². The Balaban J connectivity index is 1.55. The maximum absolute atomic E-state index is 11.6. The van der Waals surface area contributed by atoms with Crippen LogP contribution in [0, 0.1) is 0 Å². The highest BCUT2D eigenvalue weighted by atomic mass is 32.2. The molecule has 0 bridgehead atoms. The molecular formula is C19H19NO4S. The average molecular weight is 357 g/mol. The Morgan fingerprint density at radius 3 is 2.40 bits per heavy atom. The minimum absolute atomic E-state index is 0.0180. The molecule has 0 radical (unpaired) electrons. The van der Waals surface area contributed by atoms with Gasteiger partial charge in [0.25, 0.3) is 5.24 Å². The van der Waals surface area contributed by atoms with Gasteiger partial charge in [0.2, 0.25) is 5.91 Å². The van der Waals surface area contributed by atoms with E-state index < -0.39 is 0 Å². The number of hydrogen-bond acceptors (Lipinski definition) is 5. The van der Waals surface area contributed by atoms with Gasteiger partial charge in [0.05, 0.1) is 18.5 Å². The van der Waals surface area contributed by atoms with Crippen LogP contribution < -0.4 is 10.1 Å². The summed E-state index contributed by atoms with van der Waals surface area (Å²) in [6.07, 6.45) is 0.506. The molecule has 2 atom stereocenters. The Kier molecular flexibility index (Phi) is 5.73. The van der Waals surface area contributed by atoms with E-state index in [1.807, 2.05) is 54.6 Å². The highest BCUT2D eigenvalue weighted by Crippen LogP contribution is 2.24. The molecule has 1 saturated heterocycles. The van der Waals surface area contributed by atoms with Crippen molar-refractivity contribution in [3.05, 3.63) is 65.7 Å². The predicted octanol–water partition coefficient (Wildman–Crippen LogP) is 2.74. The van der Waals surface area contributed by atoms with Gasteiger partial charge < -0.3 is 9.84 Å². The van der Waals surface area contributed by atoms with Crippen molar-refractivity contribution in [1.29, 1.82) is 0 Å². The molecule has 3 rings (SSSR count). The summed E-state index contributed by atoms with van der Waals surface area (Å²) in [6.45, 7) is 0.402. The summed E-state index contributed by atoms with van der Waals surface area (Å²) in [7, 11) is 0. The molecule has 0 aliphatic carbocycles. The van der Waals surface area contributed by atoms with E-state index in [2.05, 4.69) is 5.32 Å². The Bertz CT molecular complexity index is 733. The van der Waals surface area contributed by atoms with Crippen LogP contribution in [-0.2, 0) is 11.2 Å². The van der Waals surface area contributed by atoms with E-state index in [1.165, 1.54) is 0 Å². The third-order valence-corrected chi connectivity index (χ3v) is 5.04. The van der Waals surface area contributed by atoms with E-state index >= 15 is 0 Å². The van der Waals surface area contributed by atoms with E-state index in [4.69, 9.17) is 4.74 Å². The van der Waals surface area contributed by atoms with E-state index in [-0.39, 0.29) is 28.9 Å². The van der Waals surface area contributed by atoms with Crippen molar-refractivity contribution >= 4 is 22.9 Å². The van der Waals surface area contributed by atoms with Crippen LogP contribution in [0.5, 0.6) is 5.75 Å². The number of carbonyl (C=O) groups is 2. The number of nitrogens with one attached hydrogen (secondary N) is 1. The fraction of sp³-hybridized carbons (Fsp3) is 0.263. The quantitative estimate of drug-likeness (QED) is 0.797. The molecule has 1 fully saturated rings. The minimum atomic E-state index is -0.365. The molecule has 2 amide bonds. The first-order valence-electron chi connectivity index (χ1n) is 8.04. The zero-order chi connectivity index (χ0) is 17.6. The van der Waals surface area contributed by atoms with E-state index in [0.717, 1.165) is 22.9 Å². The summed E-state index contributed by atoms with van der Waals surface area (Å²) < 4.78 is 5.78. The smallest absolute Gasteiger partial charge is 0.286 e. The van der Waals surface area contributed by atoms with Crippen LogP contribution in [-0.4, -0.2) is 34.7 Å². The number of imide groups is 1. The molecule has 1 aliphatic heterocycles. The highest BCUT2D eigenvalue weighted by molar-refractivity contribution is 8.15. The zero-order valence-corrected chi connectivity index (χ0v) is 14.4. The number of rotatable bonds is 7. The first kappa shape index (κ1) is 17.5. The first-order valence-corrected chi connectivity index (χ1v) is 8.92. The summed E-state index contributed by atoms with van der Waals surface area (Å²) in [5.74, 6) is 0.396. The van der Waals surface area contributed by atoms with Gasteiger partial charge in [0, 0.05) is 5.92 Å². The number of carbonyl (C=O) groups excluding carboxylic acids is 2. The number of benzene rings is 2. The Labute approximate surface area is 150 Å². The third-order valence-electron chi connectivity index (χ3n) is 4.05. The summed E-state index contributed by atoms with van der Waals surface area (Å²) in [5.41, 5.74) is 2.01. The lowest BCUT2D eigenvalue weighted by atomic mass is 10.0. The second-order valence-electron chi connectivity index (χ2n) is 5.83. The number of aliphatic hydroxyl groups is 1. The summed E-state index contributed by atoms with van der Waals surface area (Å²) in [5, 5.41) is 11.2. The minimum Gasteiger partial charge on any atom is -0.493 e. The van der Waals surface area contributed by atoms with Gasteiger partial charge >= 0.3 is 0 Å². The van der Waals surface area contributed by atoms with Gasteiger partial charge in [-0.15, -0.1) is 0 Å². The number of thioether (sulfide) groups is 1. The topological polar surface area (TPSA) is 75.6 Å². The Morgan fingerprint density at radius 1 is 1.08 bits per heavy atom. The van der Waals surface area contributed by atoms with E-state index in [9.17, 15) is 14.7 Å². The predicted molar refractivity (Wildman–Crippen MR) is 96.8 cm³/mol. The summed E-state index contributed by atoms with van der Waals surface area (Å²) >= 11 is 1.03. The second-order valence-corrected chi connectivity index (χ2v) is 7.01. The fourth-order valence-electron chi connectivity index (χ4n) is 2.64. The molecular weight excluding hydrogens is 338 g/mol. The number of amides is 2. The molecule has 0 saturated carbocycles. The van der Waals surface area contributed by atoms with Crippen molar-refractivity contribution in [2.75, 3.05) is 13.2 Å². The van der Waals surface area contributed by atoms with E-state index in [0.29, 0.717) is 18.8 Å². The van der Waals surface area contributed by atoms with E-state index in [1.54, 1.807) is 0 Å². The van der Waals surface area contributed by atoms with Crippen LogP contribution in [0.15, 0.2) is 54.6 Å². The zero-order valence-electron chi connectivity index (χ0n) is 13.6. The maximum atomic E-state index is 11.6. The van der Waals surface area contributed by atoms with Crippen molar-refractivity contribution in [2.24, 2.45) is 0 Å². The molecule has 6 heteroatoms. The van der Waals surface area contributed by atoms with Crippen molar-refractivity contribution in [3.63, 3.8) is 0 Å². The molecule has 2 unspecified atom stereocenters. The lowest BCUT2D eigenvalue weighted by Crippen LogP contribution is -2.25. The molecule has 130 valence electrons. The monoisotopic (exact) mass is 357 g/mol. The Hall–Kier alpha value is -2.31. The number of hydrogen-bond donors (Lipinski definition) is 2. The van der Waals surface area contributed by atoms with Crippen LogP contribution in [0.4, 0.5) is 4.79 Å². The standard InChI is InChI=1S/C19H19NO4S/c21-11-15(14-4-2-1-3-5-14)12-24-16-8-6-13(7-9-16)10-17-18(22)20-19(23)25-17/h1-9,15,17,21H,10-12H2,(H,20,22,23). The Morgan fingerprint density at radius 2 is 1.80 bits per heavy atom. The van der Waals surface area contributed by atoms with Gasteiger partial charge in [-0.25, -0.2) is 0 Å².